The van der Waals surface area contributed by atoms with Crippen molar-refractivity contribution in [1.82, 2.24) is 5.48 Å². The highest BCUT2D eigenvalue weighted by Gasteiger charge is 2.27. The smallest absolute Gasteiger partial charge is 0.413 e. The maximum atomic E-state index is 11.9. The van der Waals surface area contributed by atoms with Crippen LogP contribution in [0.4, 0.5) is 13.2 Å². The molecule has 0 atom stereocenters. The molecule has 0 radical (unpaired) electrons. The van der Waals surface area contributed by atoms with Crippen LogP contribution in [0.5, 0.6) is 0 Å². The SMILES string of the molecule is CCc1oc2ccccc2c1CNOCC(F)(F)F. The number of hydroxylamine groups is 1. The average Bonchev–Trinajstić information content (AvgIpc) is 2.71. The third-order valence-corrected chi connectivity index (χ3v) is 2.69. The quantitative estimate of drug-likeness (QED) is 0.668. The van der Waals surface area contributed by atoms with E-state index < -0.39 is 12.8 Å². The summed E-state index contributed by atoms with van der Waals surface area (Å²) in [6, 6.07) is 7.41. The molecule has 2 rings (SSSR count). The van der Waals surface area contributed by atoms with Gasteiger partial charge in [0, 0.05) is 17.4 Å². The summed E-state index contributed by atoms with van der Waals surface area (Å²) in [6.45, 7) is 0.790. The molecular formula is C13H14F3NO2. The van der Waals surface area contributed by atoms with Gasteiger partial charge < -0.3 is 4.42 Å². The highest BCUT2D eigenvalue weighted by atomic mass is 19.4. The standard InChI is InChI=1S/C13H14F3NO2/c1-2-11-10(7-17-18-8-13(14,15)16)9-5-3-4-6-12(9)19-11/h3-6,17H,2,7-8H2,1H3. The van der Waals surface area contributed by atoms with E-state index in [0.29, 0.717) is 6.42 Å². The van der Waals surface area contributed by atoms with Crippen molar-refractivity contribution in [2.75, 3.05) is 6.61 Å². The minimum Gasteiger partial charge on any atom is -0.461 e. The molecule has 0 fully saturated rings. The number of para-hydroxylation sites is 1. The van der Waals surface area contributed by atoms with Gasteiger partial charge in [0.15, 0.2) is 6.61 Å². The number of furan rings is 1. The van der Waals surface area contributed by atoms with E-state index in [2.05, 4.69) is 10.3 Å². The predicted molar refractivity (Wildman–Crippen MR) is 64.4 cm³/mol. The Kier molecular flexibility index (Phi) is 4.11. The molecule has 0 bridgehead atoms. The van der Waals surface area contributed by atoms with Crippen LogP contribution in [0, 0.1) is 0 Å². The number of hydrogen-bond donors (Lipinski definition) is 1. The molecule has 19 heavy (non-hydrogen) atoms. The minimum absolute atomic E-state index is 0.177. The summed E-state index contributed by atoms with van der Waals surface area (Å²) in [5.74, 6) is 0.754. The molecule has 6 heteroatoms. The number of alkyl halides is 3. The van der Waals surface area contributed by atoms with Gasteiger partial charge in [-0.2, -0.15) is 18.7 Å². The predicted octanol–water partition coefficient (Wildman–Crippen LogP) is 3.58. The third kappa shape index (κ3) is 3.48. The number of halogens is 3. The number of nitrogens with one attached hydrogen (secondary N) is 1. The van der Waals surface area contributed by atoms with Crippen molar-refractivity contribution >= 4 is 11.0 Å². The highest BCUT2D eigenvalue weighted by Crippen LogP contribution is 2.26. The Morgan fingerprint density at radius 2 is 2.00 bits per heavy atom. The Morgan fingerprint density at radius 1 is 1.26 bits per heavy atom. The number of aryl methyl sites for hydroxylation is 1. The number of rotatable bonds is 5. The van der Waals surface area contributed by atoms with Crippen molar-refractivity contribution in [2.45, 2.75) is 26.1 Å². The van der Waals surface area contributed by atoms with E-state index in [1.54, 1.807) is 0 Å². The first-order chi connectivity index (χ1) is 9.01. The molecule has 0 spiro atoms. The Bertz CT molecular complexity index is 548. The molecule has 1 aromatic carbocycles. The van der Waals surface area contributed by atoms with Crippen LogP contribution in [0.1, 0.15) is 18.2 Å². The van der Waals surface area contributed by atoms with Gasteiger partial charge in [-0.1, -0.05) is 25.1 Å². The lowest BCUT2D eigenvalue weighted by atomic mass is 10.1. The lowest BCUT2D eigenvalue weighted by Gasteiger charge is -2.08. The topological polar surface area (TPSA) is 34.4 Å². The molecule has 0 amide bonds. The van der Waals surface area contributed by atoms with Gasteiger partial charge >= 0.3 is 6.18 Å². The van der Waals surface area contributed by atoms with Crippen LogP contribution in [-0.4, -0.2) is 12.8 Å². The third-order valence-electron chi connectivity index (χ3n) is 2.69. The number of fused-ring (bicyclic) bond motifs is 1. The minimum atomic E-state index is -4.33. The molecule has 104 valence electrons. The highest BCUT2D eigenvalue weighted by molar-refractivity contribution is 5.82. The lowest BCUT2D eigenvalue weighted by Crippen LogP contribution is -2.24. The normalized spacial score (nSPS) is 12.2. The Hall–Kier alpha value is -1.53. The molecule has 1 N–H and O–H groups in total. The van der Waals surface area contributed by atoms with Crippen molar-refractivity contribution in [2.24, 2.45) is 0 Å². The molecular weight excluding hydrogens is 259 g/mol. The molecule has 1 aromatic heterocycles. The molecule has 0 aliphatic rings. The second kappa shape index (κ2) is 5.63. The maximum Gasteiger partial charge on any atom is 0.413 e. The molecule has 2 aromatic rings. The summed E-state index contributed by atoms with van der Waals surface area (Å²) in [7, 11) is 0. The fraction of sp³-hybridized carbons (Fsp3) is 0.385. The first-order valence-electron chi connectivity index (χ1n) is 5.92. The van der Waals surface area contributed by atoms with Gasteiger partial charge in [0.25, 0.3) is 0 Å². The second-order valence-corrected chi connectivity index (χ2v) is 4.08. The van der Waals surface area contributed by atoms with Crippen molar-refractivity contribution in [3.05, 3.63) is 35.6 Å². The van der Waals surface area contributed by atoms with Crippen LogP contribution in [0.3, 0.4) is 0 Å². The fourth-order valence-corrected chi connectivity index (χ4v) is 1.88. The van der Waals surface area contributed by atoms with Crippen LogP contribution >= 0.6 is 0 Å². The van der Waals surface area contributed by atoms with Crippen molar-refractivity contribution in [3.8, 4) is 0 Å². The van der Waals surface area contributed by atoms with E-state index >= 15 is 0 Å². The summed E-state index contributed by atoms with van der Waals surface area (Å²) in [5, 5.41) is 0.891. The molecule has 0 saturated carbocycles. The van der Waals surface area contributed by atoms with Crippen LogP contribution in [-0.2, 0) is 17.8 Å². The number of benzene rings is 1. The molecule has 0 aliphatic heterocycles. The largest absolute Gasteiger partial charge is 0.461 e. The van der Waals surface area contributed by atoms with Gasteiger partial charge in [-0.15, -0.1) is 0 Å². The van der Waals surface area contributed by atoms with Crippen LogP contribution < -0.4 is 5.48 Å². The summed E-state index contributed by atoms with van der Waals surface area (Å²) >= 11 is 0. The first kappa shape index (κ1) is 13.9. The zero-order valence-corrected chi connectivity index (χ0v) is 10.4. The van der Waals surface area contributed by atoms with Gasteiger partial charge in [0.1, 0.15) is 11.3 Å². The zero-order chi connectivity index (χ0) is 13.9. The van der Waals surface area contributed by atoms with E-state index in [9.17, 15) is 13.2 Å². The number of hydrogen-bond acceptors (Lipinski definition) is 3. The molecule has 1 heterocycles. The second-order valence-electron chi connectivity index (χ2n) is 4.08. The summed E-state index contributed by atoms with van der Waals surface area (Å²) in [5.41, 5.74) is 3.89. The average molecular weight is 273 g/mol. The van der Waals surface area contributed by atoms with E-state index in [-0.39, 0.29) is 6.54 Å². The Labute approximate surface area is 108 Å². The molecule has 0 aliphatic carbocycles. The van der Waals surface area contributed by atoms with E-state index in [0.717, 1.165) is 22.3 Å². The zero-order valence-electron chi connectivity index (χ0n) is 10.4. The summed E-state index contributed by atoms with van der Waals surface area (Å²) < 4.78 is 41.4. The van der Waals surface area contributed by atoms with E-state index in [1.807, 2.05) is 31.2 Å². The summed E-state index contributed by atoms with van der Waals surface area (Å²) in [4.78, 5) is 4.40. The monoisotopic (exact) mass is 273 g/mol. The van der Waals surface area contributed by atoms with Crippen molar-refractivity contribution in [3.63, 3.8) is 0 Å². The molecule has 0 saturated heterocycles. The van der Waals surface area contributed by atoms with Gasteiger partial charge in [0.05, 0.1) is 6.54 Å². The summed E-state index contributed by atoms with van der Waals surface area (Å²) in [6.07, 6.45) is -3.66. The van der Waals surface area contributed by atoms with E-state index in [1.165, 1.54) is 0 Å². The maximum absolute atomic E-state index is 11.9. The van der Waals surface area contributed by atoms with Crippen molar-refractivity contribution in [1.29, 1.82) is 0 Å². The van der Waals surface area contributed by atoms with Gasteiger partial charge in [0.2, 0.25) is 0 Å². The van der Waals surface area contributed by atoms with Crippen molar-refractivity contribution < 1.29 is 22.4 Å². The molecule has 3 nitrogen and oxygen atoms in total. The van der Waals surface area contributed by atoms with Crippen LogP contribution in [0.2, 0.25) is 0 Å². The van der Waals surface area contributed by atoms with Gasteiger partial charge in [-0.3, -0.25) is 4.84 Å². The van der Waals surface area contributed by atoms with Crippen LogP contribution in [0.25, 0.3) is 11.0 Å². The Morgan fingerprint density at radius 3 is 2.68 bits per heavy atom. The lowest BCUT2D eigenvalue weighted by molar-refractivity contribution is -0.190. The fourth-order valence-electron chi connectivity index (χ4n) is 1.88. The Balaban J connectivity index is 2.07. The van der Waals surface area contributed by atoms with E-state index in [4.69, 9.17) is 4.42 Å². The van der Waals surface area contributed by atoms with Gasteiger partial charge in [-0.25, -0.2) is 0 Å². The van der Waals surface area contributed by atoms with Gasteiger partial charge in [-0.05, 0) is 6.07 Å². The first-order valence-corrected chi connectivity index (χ1v) is 5.92. The van der Waals surface area contributed by atoms with Crippen LogP contribution in [0.15, 0.2) is 28.7 Å². The molecule has 0 unspecified atom stereocenters.